The maximum atomic E-state index is 14.3. The van der Waals surface area contributed by atoms with Crippen LogP contribution in [0.3, 0.4) is 0 Å². The number of amides is 11. The van der Waals surface area contributed by atoms with E-state index in [-0.39, 0.29) is 101 Å². The predicted molar refractivity (Wildman–Crippen MR) is 552 cm³/mol. The molecule has 16 rings (SSSR count). The van der Waals surface area contributed by atoms with E-state index in [0.29, 0.717) is 117 Å². The van der Waals surface area contributed by atoms with E-state index in [1.165, 1.54) is 28.7 Å². The van der Waals surface area contributed by atoms with E-state index in [0.717, 1.165) is 151 Å². The van der Waals surface area contributed by atoms with Gasteiger partial charge in [-0.15, -0.1) is 26.6 Å². The standard InChI is InChI=1S/C27H33FN4O2S.C25H32Cl2N6O3S.C24H33N7O3S.C23H26N6O3S2/c1-5-16(2)24(31-25(33)17(3)29-4)27(34)32-14-8-11-23(32)26-30-22(15-35-26)20-12-13-21(28)19-10-7-6-9-18(19)20;1-14(28-2)22(34)29-21(15-7-4-3-5-8-15)25(36)33-12-6-9-19(33)23(35)30-24-20(31-32-37-24)16-10-11-17(26)18(27)13-16;1-15(25-2)21(32)27-20(17-10-12-26-13-11-17)24(34)31-14-6-9-18(31)22(33)28-23-19(29-30-35-23)16-7-4-3-5-8-16;1-14(24-2)20(30)25-19(16-10-12-33-13-16)23(32)29-11-6-9-17(29)21(31)26-22-18(27-28-34-22)15-7-4-3-5-8-15/h6-7,9-10,12-13,15-17,23-24,29H,5,8,11,14H2,1-4H3,(H,31,33);10-11,13-15,19,21,28H,3-9,12H2,1-2H3,(H,29,34)(H,30,35);3-5,7-8,15,17-18,20,25-26H,6,9-14H2,1-2H3,(H,27,32)(H,28,33);3-5,7-8,10,12-14,17,19,24H,6,9,11H2,1-2H3,(H,25,30)(H,26,31)/t16-,17-,23-,24-;14-,19-,21-;15-,18-,20-;14-,17-,19-/m0000/s1. The Hall–Kier alpha value is -11.2. The number of halogens is 3. The van der Waals surface area contributed by atoms with Crippen molar-refractivity contribution in [3.63, 3.8) is 0 Å². The minimum absolute atomic E-state index is 0.00851. The molecule has 1 saturated carbocycles. The molecule has 11 amide bonds. The quantitative estimate of drug-likeness (QED) is 0.0186. The van der Waals surface area contributed by atoms with E-state index >= 15 is 0 Å². The van der Waals surface area contributed by atoms with Crippen LogP contribution < -0.4 is 63.8 Å². The molecule has 752 valence electrons. The van der Waals surface area contributed by atoms with E-state index in [2.05, 4.69) is 92.6 Å². The van der Waals surface area contributed by atoms with Crippen molar-refractivity contribution in [2.24, 2.45) is 17.8 Å². The van der Waals surface area contributed by atoms with Gasteiger partial charge in [0.15, 0.2) is 0 Å². The fourth-order valence-corrected chi connectivity index (χ4v) is 21.9. The number of rotatable bonds is 32. The molecule has 5 aromatic heterocycles. The lowest BCUT2D eigenvalue weighted by Gasteiger charge is -2.35. The summed E-state index contributed by atoms with van der Waals surface area (Å²) in [6.45, 7) is 14.7. The summed E-state index contributed by atoms with van der Waals surface area (Å²) >= 11 is 18.4. The maximum absolute atomic E-state index is 14.3. The van der Waals surface area contributed by atoms with Crippen molar-refractivity contribution in [1.29, 1.82) is 0 Å². The minimum atomic E-state index is -0.854. The molecule has 0 unspecified atom stereocenters. The van der Waals surface area contributed by atoms with Crippen LogP contribution in [0.25, 0.3) is 55.8 Å². The van der Waals surface area contributed by atoms with Crippen LogP contribution in [0.15, 0.2) is 137 Å². The number of fused-ring (bicyclic) bond motifs is 1. The van der Waals surface area contributed by atoms with Crippen LogP contribution in [0.4, 0.5) is 19.4 Å². The predicted octanol–water partition coefficient (Wildman–Crippen LogP) is 12.9. The van der Waals surface area contributed by atoms with Crippen LogP contribution in [0.2, 0.25) is 10.0 Å². The van der Waals surface area contributed by atoms with Gasteiger partial charge < -0.3 is 83.4 Å². The van der Waals surface area contributed by atoms with E-state index in [4.69, 9.17) is 28.2 Å². The van der Waals surface area contributed by atoms with Gasteiger partial charge in [0.25, 0.3) is 5.91 Å². The number of hydrogen-bond donors (Lipinski definition) is 12. The Morgan fingerprint density at radius 3 is 1.38 bits per heavy atom. The van der Waals surface area contributed by atoms with Crippen LogP contribution in [-0.2, 0) is 52.7 Å². The minimum Gasteiger partial charge on any atom is -0.343 e. The summed E-state index contributed by atoms with van der Waals surface area (Å²) < 4.78 is 26.3. The molecular weight excluding hydrogens is 1940 g/mol. The first-order valence-corrected chi connectivity index (χ1v) is 53.0. The Kier molecular flexibility index (Phi) is 39.3. The molecule has 10 heterocycles. The van der Waals surface area contributed by atoms with Gasteiger partial charge in [-0.1, -0.05) is 167 Å². The Morgan fingerprint density at radius 2 is 0.901 bits per heavy atom. The lowest BCUT2D eigenvalue weighted by molar-refractivity contribution is -0.142. The summed E-state index contributed by atoms with van der Waals surface area (Å²) in [5, 5.41) is 58.4. The lowest BCUT2D eigenvalue weighted by Crippen LogP contribution is -2.58. The third-order valence-electron chi connectivity index (χ3n) is 27.1. The molecule has 10 aromatic rings. The number of likely N-dealkylation sites (N-methyl/N-ethyl adjacent to an activating group) is 4. The maximum Gasteiger partial charge on any atom is 0.250 e. The zero-order valence-electron chi connectivity index (χ0n) is 80.6. The van der Waals surface area contributed by atoms with Gasteiger partial charge >= 0.3 is 0 Å². The highest BCUT2D eigenvalue weighted by atomic mass is 35.5. The molecule has 5 aliphatic heterocycles. The fourth-order valence-electron chi connectivity index (χ4n) is 18.2. The number of thiazole rings is 1. The van der Waals surface area contributed by atoms with Crippen molar-refractivity contribution in [2.75, 3.05) is 83.4 Å². The van der Waals surface area contributed by atoms with Crippen molar-refractivity contribution in [3.8, 4) is 45.0 Å². The number of hydrogen-bond acceptors (Lipinski definition) is 28. The van der Waals surface area contributed by atoms with E-state index < -0.39 is 60.4 Å². The molecule has 5 aromatic carbocycles. The molecule has 34 nitrogen and oxygen atoms in total. The molecule has 6 aliphatic rings. The Balaban J connectivity index is 0.000000158. The smallest absolute Gasteiger partial charge is 0.250 e. The van der Waals surface area contributed by atoms with Gasteiger partial charge in [0.2, 0.25) is 59.1 Å². The Bertz CT molecular complexity index is 5930. The van der Waals surface area contributed by atoms with Crippen molar-refractivity contribution in [2.45, 2.75) is 217 Å². The second-order valence-electron chi connectivity index (χ2n) is 36.0. The summed E-state index contributed by atoms with van der Waals surface area (Å²) in [7, 11) is 6.84. The van der Waals surface area contributed by atoms with Crippen LogP contribution in [0, 0.1) is 23.6 Å². The molecule has 1 aliphatic carbocycles. The third-order valence-corrected chi connectivity index (χ3v) is 31.4. The number of anilines is 3. The summed E-state index contributed by atoms with van der Waals surface area (Å²) in [6, 6.07) is 30.2. The number of benzene rings is 5. The van der Waals surface area contributed by atoms with Crippen molar-refractivity contribution in [1.82, 2.24) is 101 Å². The molecule has 0 radical (unpaired) electrons. The van der Waals surface area contributed by atoms with Crippen molar-refractivity contribution >= 4 is 171 Å². The van der Waals surface area contributed by atoms with Gasteiger partial charge in [-0.3, -0.25) is 52.7 Å². The van der Waals surface area contributed by atoms with Crippen molar-refractivity contribution in [3.05, 3.63) is 164 Å². The summed E-state index contributed by atoms with van der Waals surface area (Å²) in [4.78, 5) is 157. The second-order valence-corrected chi connectivity index (χ2v) is 40.8. The molecular formula is C99H124Cl2FN23O11S5. The first kappa shape index (κ1) is 107. The normalized spacial score (nSPS) is 19.0. The van der Waals surface area contributed by atoms with E-state index in [1.807, 2.05) is 120 Å². The molecule has 42 heteroatoms. The lowest BCUT2D eigenvalue weighted by atomic mass is 9.83. The molecule has 141 heavy (non-hydrogen) atoms. The number of likely N-dealkylation sites (tertiary alicyclic amines) is 4. The highest BCUT2D eigenvalue weighted by molar-refractivity contribution is 7.11. The Labute approximate surface area is 850 Å². The summed E-state index contributed by atoms with van der Waals surface area (Å²) in [6.07, 6.45) is 12.9. The zero-order valence-corrected chi connectivity index (χ0v) is 86.2. The molecule has 6 fully saturated rings. The van der Waals surface area contributed by atoms with Crippen molar-refractivity contribution < 1.29 is 57.1 Å². The highest BCUT2D eigenvalue weighted by Crippen LogP contribution is 2.42. The van der Waals surface area contributed by atoms with Crippen LogP contribution in [-0.4, -0.2) is 246 Å². The Morgan fingerprint density at radius 1 is 0.454 bits per heavy atom. The number of nitrogens with zero attached hydrogens (tertiary/aromatic N) is 11. The van der Waals surface area contributed by atoms with Gasteiger partial charge in [-0.05, 0) is 216 Å². The average molecular weight is 2060 g/mol. The van der Waals surface area contributed by atoms with Gasteiger partial charge in [-0.25, -0.2) is 9.37 Å². The third kappa shape index (κ3) is 26.9. The van der Waals surface area contributed by atoms with Crippen LogP contribution in [0.1, 0.15) is 167 Å². The van der Waals surface area contributed by atoms with Gasteiger partial charge in [0.05, 0.1) is 45.9 Å². The average Bonchev–Trinajstić information content (AvgIpc) is 1.56. The molecule has 13 atom stereocenters. The van der Waals surface area contributed by atoms with Gasteiger partial charge in [0.1, 0.15) is 85.2 Å². The number of aromatic nitrogens is 7. The molecule has 0 bridgehead atoms. The second kappa shape index (κ2) is 51.7. The van der Waals surface area contributed by atoms with Gasteiger partial charge in [-0.2, -0.15) is 11.3 Å². The van der Waals surface area contributed by atoms with Crippen LogP contribution in [0.5, 0.6) is 0 Å². The molecule has 12 N–H and O–H groups in total. The summed E-state index contributed by atoms with van der Waals surface area (Å²) in [5.74, 6) is -2.60. The number of nitrogens with one attached hydrogen (secondary N) is 12. The fraction of sp³-hybridized carbons (Fsp3) is 0.475. The van der Waals surface area contributed by atoms with Crippen LogP contribution >= 0.6 is 80.5 Å². The molecule has 5 saturated heterocycles. The number of carbonyl (C=O) groups is 11. The van der Waals surface area contributed by atoms with E-state index in [9.17, 15) is 57.1 Å². The zero-order chi connectivity index (χ0) is 101. The number of thiophene rings is 1. The first-order chi connectivity index (χ1) is 68.1. The largest absolute Gasteiger partial charge is 0.343 e. The summed E-state index contributed by atoms with van der Waals surface area (Å²) in [5.41, 5.74) is 6.46. The number of carbonyl (C=O) groups excluding carboxylic acids is 11. The van der Waals surface area contributed by atoms with Gasteiger partial charge in [0, 0.05) is 93.8 Å². The monoisotopic (exact) mass is 2060 g/mol. The first-order valence-electron chi connectivity index (χ1n) is 48.1. The van der Waals surface area contributed by atoms with E-state index in [1.54, 1.807) is 101 Å². The molecule has 0 spiro atoms. The highest BCUT2D eigenvalue weighted by Gasteiger charge is 2.46. The number of piperidine rings is 1. The topological polar surface area (TPSA) is 435 Å². The SMILES string of the molecule is CC[C@H](C)[C@H](NC(=O)[C@H](C)NC)C(=O)N1CCC[C@H]1c1nc(-c2ccc(F)c3ccccc23)cs1.CN[C@@H](C)C(=O)N[C@H](C(=O)N1CCC[C@H]1C(=O)Nc1snnc1-c1ccc(Cl)c(Cl)c1)C1CCCCC1.CN[C@@H](C)C(=O)N[C@H](C(=O)N1CCC[C@H]1C(=O)Nc1snnc1-c1ccccc1)C1CCNCC1.CN[C@@H](C)C(=O)N[C@H](C(=O)N1CCC[C@H]1C(=O)Nc1snnc1-c1ccccc1)c1ccsc1.